The summed E-state index contributed by atoms with van der Waals surface area (Å²) in [5.41, 5.74) is 2.86. The molecule has 0 spiro atoms. The van der Waals surface area contributed by atoms with Crippen LogP contribution in [0.25, 0.3) is 11.3 Å². The van der Waals surface area contributed by atoms with Gasteiger partial charge in [-0.15, -0.1) is 0 Å². The van der Waals surface area contributed by atoms with E-state index < -0.39 is 0 Å². The summed E-state index contributed by atoms with van der Waals surface area (Å²) in [7, 11) is 1.91. The van der Waals surface area contributed by atoms with Gasteiger partial charge in [0.2, 0.25) is 0 Å². The molecular formula is C14H15N3S. The van der Waals surface area contributed by atoms with Crippen molar-refractivity contribution in [2.75, 3.05) is 6.54 Å². The maximum atomic E-state index is 8.94. The standard InChI is InChI=1S/C14H15N3S/c1-3-16-18-13-7-4-11(5-8-13)14-9-6-12(10-15)17(14)2/h4-9,16H,3H2,1-2H3. The summed E-state index contributed by atoms with van der Waals surface area (Å²) in [6.07, 6.45) is 0. The normalized spacial score (nSPS) is 10.3. The molecule has 0 amide bonds. The van der Waals surface area contributed by atoms with Gasteiger partial charge in [-0.1, -0.05) is 19.1 Å². The Labute approximate surface area is 112 Å². The first kappa shape index (κ1) is 12.7. The fourth-order valence-electron chi connectivity index (χ4n) is 1.76. The summed E-state index contributed by atoms with van der Waals surface area (Å²) < 4.78 is 5.13. The second-order valence-electron chi connectivity index (χ2n) is 3.90. The average Bonchev–Trinajstić information content (AvgIpc) is 2.78. The molecule has 92 valence electrons. The van der Waals surface area contributed by atoms with E-state index in [-0.39, 0.29) is 0 Å². The van der Waals surface area contributed by atoms with Gasteiger partial charge in [0.15, 0.2) is 0 Å². The number of hydrogen-bond acceptors (Lipinski definition) is 3. The molecule has 4 heteroatoms. The van der Waals surface area contributed by atoms with Crippen molar-refractivity contribution < 1.29 is 0 Å². The minimum Gasteiger partial charge on any atom is -0.335 e. The molecule has 0 aliphatic rings. The molecule has 1 aromatic carbocycles. The van der Waals surface area contributed by atoms with Crippen molar-refractivity contribution in [2.24, 2.45) is 7.05 Å². The van der Waals surface area contributed by atoms with Crippen LogP contribution in [0.1, 0.15) is 12.6 Å². The Morgan fingerprint density at radius 3 is 2.50 bits per heavy atom. The van der Waals surface area contributed by atoms with Crippen LogP contribution in [-0.4, -0.2) is 11.1 Å². The van der Waals surface area contributed by atoms with Gasteiger partial charge < -0.3 is 4.57 Å². The van der Waals surface area contributed by atoms with E-state index in [4.69, 9.17) is 5.26 Å². The molecule has 18 heavy (non-hydrogen) atoms. The molecule has 1 heterocycles. The van der Waals surface area contributed by atoms with Gasteiger partial charge >= 0.3 is 0 Å². The summed E-state index contributed by atoms with van der Waals surface area (Å²) in [4.78, 5) is 1.19. The third-order valence-electron chi connectivity index (χ3n) is 2.72. The third-order valence-corrected chi connectivity index (χ3v) is 3.66. The Hall–Kier alpha value is -1.70. The Bertz CT molecular complexity index is 564. The van der Waals surface area contributed by atoms with Crippen molar-refractivity contribution in [3.05, 3.63) is 42.1 Å². The highest BCUT2D eigenvalue weighted by Crippen LogP contribution is 2.24. The van der Waals surface area contributed by atoms with Crippen LogP contribution in [0.4, 0.5) is 0 Å². The first-order valence-electron chi connectivity index (χ1n) is 5.82. The van der Waals surface area contributed by atoms with Crippen molar-refractivity contribution in [3.63, 3.8) is 0 Å². The molecule has 0 saturated carbocycles. The van der Waals surface area contributed by atoms with Crippen LogP contribution in [-0.2, 0) is 7.05 Å². The zero-order valence-corrected chi connectivity index (χ0v) is 11.3. The van der Waals surface area contributed by atoms with Crippen molar-refractivity contribution >= 4 is 11.9 Å². The minimum absolute atomic E-state index is 0.677. The van der Waals surface area contributed by atoms with E-state index in [9.17, 15) is 0 Å². The Morgan fingerprint density at radius 2 is 1.94 bits per heavy atom. The van der Waals surface area contributed by atoms with Crippen LogP contribution in [0.15, 0.2) is 41.3 Å². The second kappa shape index (κ2) is 5.76. The van der Waals surface area contributed by atoms with Crippen LogP contribution >= 0.6 is 11.9 Å². The van der Waals surface area contributed by atoms with Gasteiger partial charge in [0, 0.05) is 24.2 Å². The molecule has 1 N–H and O–H groups in total. The maximum Gasteiger partial charge on any atom is 0.120 e. The molecule has 0 aliphatic heterocycles. The summed E-state index contributed by atoms with van der Waals surface area (Å²) in [5.74, 6) is 0. The predicted molar refractivity (Wildman–Crippen MR) is 75.1 cm³/mol. The van der Waals surface area contributed by atoms with Crippen molar-refractivity contribution in [1.82, 2.24) is 9.29 Å². The molecule has 0 aliphatic carbocycles. The van der Waals surface area contributed by atoms with E-state index in [0.717, 1.165) is 17.8 Å². The van der Waals surface area contributed by atoms with Crippen LogP contribution in [0.2, 0.25) is 0 Å². The summed E-state index contributed by atoms with van der Waals surface area (Å²) >= 11 is 1.63. The van der Waals surface area contributed by atoms with E-state index in [1.807, 2.05) is 23.7 Å². The lowest BCUT2D eigenvalue weighted by atomic mass is 10.1. The van der Waals surface area contributed by atoms with Gasteiger partial charge in [-0.05, 0) is 41.8 Å². The number of nitrogens with one attached hydrogen (secondary N) is 1. The smallest absolute Gasteiger partial charge is 0.120 e. The van der Waals surface area contributed by atoms with Crippen molar-refractivity contribution in [2.45, 2.75) is 11.8 Å². The van der Waals surface area contributed by atoms with Gasteiger partial charge in [0.25, 0.3) is 0 Å². The summed E-state index contributed by atoms with van der Waals surface area (Å²) in [6, 6.07) is 14.3. The molecule has 0 fully saturated rings. The Morgan fingerprint density at radius 1 is 1.22 bits per heavy atom. The third kappa shape index (κ3) is 2.58. The number of benzene rings is 1. The number of hydrogen-bond donors (Lipinski definition) is 1. The van der Waals surface area contributed by atoms with Crippen LogP contribution in [0.3, 0.4) is 0 Å². The minimum atomic E-state index is 0.677. The van der Waals surface area contributed by atoms with Gasteiger partial charge in [-0.25, -0.2) is 0 Å². The van der Waals surface area contributed by atoms with Gasteiger partial charge in [0.05, 0.1) is 0 Å². The molecule has 1 aromatic heterocycles. The van der Waals surface area contributed by atoms with E-state index in [2.05, 4.69) is 42.0 Å². The lowest BCUT2D eigenvalue weighted by molar-refractivity contribution is 0.917. The molecule has 0 atom stereocenters. The first-order chi connectivity index (χ1) is 8.76. The number of aromatic nitrogens is 1. The first-order valence-corrected chi connectivity index (χ1v) is 6.64. The molecule has 2 aromatic rings. The van der Waals surface area contributed by atoms with E-state index in [1.165, 1.54) is 4.90 Å². The molecule has 2 rings (SSSR count). The zero-order valence-electron chi connectivity index (χ0n) is 10.5. The van der Waals surface area contributed by atoms with Crippen LogP contribution < -0.4 is 4.72 Å². The average molecular weight is 257 g/mol. The highest BCUT2D eigenvalue weighted by Gasteiger charge is 2.06. The molecule has 0 saturated heterocycles. The molecular weight excluding hydrogens is 242 g/mol. The Balaban J connectivity index is 2.24. The Kier molecular flexibility index (Phi) is 4.08. The quantitative estimate of drug-likeness (QED) is 0.855. The van der Waals surface area contributed by atoms with Crippen LogP contribution in [0, 0.1) is 11.3 Å². The van der Waals surface area contributed by atoms with Gasteiger partial charge in [-0.2, -0.15) is 5.26 Å². The maximum absolute atomic E-state index is 8.94. The van der Waals surface area contributed by atoms with Crippen molar-refractivity contribution in [3.8, 4) is 17.3 Å². The zero-order chi connectivity index (χ0) is 13.0. The monoisotopic (exact) mass is 257 g/mol. The fourth-order valence-corrected chi connectivity index (χ4v) is 2.35. The van der Waals surface area contributed by atoms with E-state index in [0.29, 0.717) is 5.69 Å². The molecule has 3 nitrogen and oxygen atoms in total. The highest BCUT2D eigenvalue weighted by atomic mass is 32.2. The highest BCUT2D eigenvalue weighted by molar-refractivity contribution is 7.97. The predicted octanol–water partition coefficient (Wildman–Crippen LogP) is 3.18. The fraction of sp³-hybridized carbons (Fsp3) is 0.214. The molecule has 0 unspecified atom stereocenters. The summed E-state index contributed by atoms with van der Waals surface area (Å²) in [6.45, 7) is 3.02. The van der Waals surface area contributed by atoms with Crippen molar-refractivity contribution in [1.29, 1.82) is 5.26 Å². The van der Waals surface area contributed by atoms with E-state index >= 15 is 0 Å². The lowest BCUT2D eigenvalue weighted by Crippen LogP contribution is -1.99. The molecule has 0 radical (unpaired) electrons. The molecule has 0 bridgehead atoms. The topological polar surface area (TPSA) is 40.8 Å². The largest absolute Gasteiger partial charge is 0.335 e. The van der Waals surface area contributed by atoms with E-state index in [1.54, 1.807) is 11.9 Å². The summed E-state index contributed by atoms with van der Waals surface area (Å²) in [5, 5.41) is 8.94. The van der Waals surface area contributed by atoms with Gasteiger partial charge in [0.1, 0.15) is 11.8 Å². The number of nitriles is 1. The number of rotatable bonds is 4. The van der Waals surface area contributed by atoms with Crippen LogP contribution in [0.5, 0.6) is 0 Å². The lowest BCUT2D eigenvalue weighted by Gasteiger charge is -2.06. The SMILES string of the molecule is CCNSc1ccc(-c2ccc(C#N)n2C)cc1. The van der Waals surface area contributed by atoms with Gasteiger partial charge in [-0.3, -0.25) is 4.72 Å². The second-order valence-corrected chi connectivity index (χ2v) is 4.86. The number of nitrogens with zero attached hydrogens (tertiary/aromatic N) is 2.